The van der Waals surface area contributed by atoms with Crippen LogP contribution in [-0.2, 0) is 0 Å². The van der Waals surface area contributed by atoms with Gasteiger partial charge >= 0.3 is 0 Å². The zero-order valence-corrected chi connectivity index (χ0v) is 15.3. The van der Waals surface area contributed by atoms with Gasteiger partial charge in [-0.15, -0.1) is 0 Å². The smallest absolute Gasteiger partial charge is 0.0833 e. The average molecular weight is 332 g/mol. The predicted molar refractivity (Wildman–Crippen MR) is 92.9 cm³/mol. The molecule has 0 aliphatic heterocycles. The summed E-state index contributed by atoms with van der Waals surface area (Å²) < 4.78 is 0. The number of nitriles is 1. The molecule has 3 nitrogen and oxygen atoms in total. The summed E-state index contributed by atoms with van der Waals surface area (Å²) in [6, 6.07) is 2.26. The van der Waals surface area contributed by atoms with E-state index in [1.54, 1.807) is 0 Å². The van der Waals surface area contributed by atoms with Crippen molar-refractivity contribution in [3.05, 3.63) is 0 Å². The molecule has 8 atom stereocenters. The highest BCUT2D eigenvalue weighted by Crippen LogP contribution is 2.68. The lowest BCUT2D eigenvalue weighted by Crippen LogP contribution is -2.56. The number of nitrogens with zero attached hydrogens (tertiary/aromatic N) is 1. The van der Waals surface area contributed by atoms with Crippen molar-refractivity contribution in [2.24, 2.45) is 34.5 Å². The number of hydrogen-bond acceptors (Lipinski definition) is 3. The molecule has 0 aromatic rings. The molecule has 0 aromatic heterocycles. The van der Waals surface area contributed by atoms with Gasteiger partial charge in [0, 0.05) is 5.41 Å². The van der Waals surface area contributed by atoms with Crippen LogP contribution in [0.4, 0.5) is 0 Å². The van der Waals surface area contributed by atoms with Gasteiger partial charge in [0.05, 0.1) is 24.2 Å². The molecule has 0 radical (unpaired) electrons. The Balaban J connectivity index is 1.62. The normalized spacial score (nSPS) is 56.7. The van der Waals surface area contributed by atoms with Gasteiger partial charge in [-0.1, -0.05) is 13.8 Å². The Kier molecular flexibility index (Phi) is 3.83. The quantitative estimate of drug-likeness (QED) is 0.762. The lowest BCUT2D eigenvalue weighted by molar-refractivity contribution is -0.157. The van der Waals surface area contributed by atoms with E-state index in [2.05, 4.69) is 19.9 Å². The van der Waals surface area contributed by atoms with Crippen molar-refractivity contribution in [1.29, 1.82) is 5.26 Å². The van der Waals surface area contributed by atoms with Gasteiger partial charge in [0.1, 0.15) is 0 Å². The standard InChI is InChI=1S/C21H33NO2/c1-19-8-5-15(23)13-14(19)3-4-16-17(19)6-9-20(2)18(16)7-10-21(20,24)11-12-22/h14-18,23-24H,3-11,13H2,1-2H3/t14-,15-,16?,17?,18?,19+,20+,21+/m1/s1. The Morgan fingerprint density at radius 2 is 1.75 bits per heavy atom. The fraction of sp³-hybridized carbons (Fsp3) is 0.952. The number of rotatable bonds is 1. The molecule has 24 heavy (non-hydrogen) atoms. The van der Waals surface area contributed by atoms with Crippen LogP contribution in [0.3, 0.4) is 0 Å². The Hall–Kier alpha value is -0.590. The third-order valence-electron chi connectivity index (χ3n) is 9.33. The lowest BCUT2D eigenvalue weighted by Gasteiger charge is -2.61. The first-order valence-electron chi connectivity index (χ1n) is 10.1. The molecule has 4 aliphatic rings. The highest BCUT2D eigenvalue weighted by Gasteiger charge is 2.64. The van der Waals surface area contributed by atoms with Crippen molar-refractivity contribution in [2.75, 3.05) is 0 Å². The number of fused-ring (bicyclic) bond motifs is 5. The van der Waals surface area contributed by atoms with Crippen LogP contribution in [-0.4, -0.2) is 21.9 Å². The van der Waals surface area contributed by atoms with Gasteiger partial charge in [-0.2, -0.15) is 5.26 Å². The van der Waals surface area contributed by atoms with Gasteiger partial charge in [0.15, 0.2) is 0 Å². The molecule has 2 N–H and O–H groups in total. The summed E-state index contributed by atoms with van der Waals surface area (Å²) in [6.45, 7) is 4.77. The monoisotopic (exact) mass is 331 g/mol. The van der Waals surface area contributed by atoms with Gasteiger partial charge in [-0.05, 0) is 86.9 Å². The molecule has 3 unspecified atom stereocenters. The van der Waals surface area contributed by atoms with Gasteiger partial charge in [-0.25, -0.2) is 0 Å². The SMILES string of the molecule is C[C@]12CCC3C(CC[C@@H]4C[C@H](O)CC[C@]34C)C1CC[C@]2(O)CC#N. The zero-order chi connectivity index (χ0) is 17.2. The Morgan fingerprint density at radius 3 is 2.50 bits per heavy atom. The van der Waals surface area contributed by atoms with Crippen molar-refractivity contribution in [1.82, 2.24) is 0 Å². The van der Waals surface area contributed by atoms with Crippen LogP contribution in [0.2, 0.25) is 0 Å². The third-order valence-corrected chi connectivity index (χ3v) is 9.33. The Bertz CT molecular complexity index is 557. The summed E-state index contributed by atoms with van der Waals surface area (Å²) in [7, 11) is 0. The van der Waals surface area contributed by atoms with Crippen molar-refractivity contribution in [2.45, 2.75) is 89.8 Å². The van der Waals surface area contributed by atoms with E-state index in [0.29, 0.717) is 29.6 Å². The number of hydrogen-bond donors (Lipinski definition) is 2. The summed E-state index contributed by atoms with van der Waals surface area (Å²) >= 11 is 0. The second-order valence-corrected chi connectivity index (χ2v) is 9.95. The molecule has 3 heteroatoms. The molecule has 0 bridgehead atoms. The second-order valence-electron chi connectivity index (χ2n) is 9.95. The average Bonchev–Trinajstić information content (AvgIpc) is 2.80. The van der Waals surface area contributed by atoms with Crippen molar-refractivity contribution in [3.63, 3.8) is 0 Å². The van der Waals surface area contributed by atoms with E-state index in [1.807, 2.05) is 0 Å². The van der Waals surface area contributed by atoms with Crippen molar-refractivity contribution in [3.8, 4) is 6.07 Å². The maximum absolute atomic E-state index is 11.2. The second kappa shape index (κ2) is 5.45. The highest BCUT2D eigenvalue weighted by atomic mass is 16.3. The van der Waals surface area contributed by atoms with E-state index >= 15 is 0 Å². The number of aliphatic hydroxyl groups is 2. The van der Waals surface area contributed by atoms with Crippen LogP contribution < -0.4 is 0 Å². The van der Waals surface area contributed by atoms with E-state index in [1.165, 1.54) is 25.7 Å². The minimum absolute atomic E-state index is 0.0682. The minimum atomic E-state index is -0.766. The summed E-state index contributed by atoms with van der Waals surface area (Å²) in [5, 5.41) is 30.5. The van der Waals surface area contributed by atoms with Gasteiger partial charge < -0.3 is 10.2 Å². The molecule has 4 fully saturated rings. The van der Waals surface area contributed by atoms with Crippen LogP contribution >= 0.6 is 0 Å². The first kappa shape index (κ1) is 16.9. The molecule has 0 spiro atoms. The molecule has 4 aliphatic carbocycles. The maximum Gasteiger partial charge on any atom is 0.0833 e. The Morgan fingerprint density at radius 1 is 1.00 bits per heavy atom. The van der Waals surface area contributed by atoms with E-state index in [4.69, 9.17) is 0 Å². The molecule has 0 aromatic carbocycles. The molecule has 4 rings (SSSR count). The molecule has 134 valence electrons. The molecule has 0 amide bonds. The van der Waals surface area contributed by atoms with Crippen molar-refractivity contribution >= 4 is 0 Å². The van der Waals surface area contributed by atoms with Crippen LogP contribution in [0.5, 0.6) is 0 Å². The predicted octanol–water partition coefficient (Wildman–Crippen LogP) is 4.03. The minimum Gasteiger partial charge on any atom is -0.393 e. The first-order valence-corrected chi connectivity index (χ1v) is 10.1. The summed E-state index contributed by atoms with van der Waals surface area (Å²) in [5.74, 6) is 2.74. The third kappa shape index (κ3) is 2.08. The van der Waals surface area contributed by atoms with Gasteiger partial charge in [0.2, 0.25) is 0 Å². The van der Waals surface area contributed by atoms with E-state index in [9.17, 15) is 15.5 Å². The van der Waals surface area contributed by atoms with E-state index in [-0.39, 0.29) is 11.5 Å². The van der Waals surface area contributed by atoms with Crippen LogP contribution in [0.15, 0.2) is 0 Å². The van der Waals surface area contributed by atoms with Crippen molar-refractivity contribution < 1.29 is 10.2 Å². The highest BCUT2D eigenvalue weighted by molar-refractivity contribution is 5.15. The van der Waals surface area contributed by atoms with Crippen LogP contribution in [0.1, 0.15) is 78.1 Å². The summed E-state index contributed by atoms with van der Waals surface area (Å²) in [5.41, 5.74) is -0.446. The van der Waals surface area contributed by atoms with E-state index < -0.39 is 5.60 Å². The molecule has 0 heterocycles. The lowest BCUT2D eigenvalue weighted by atomic mass is 9.44. The zero-order valence-electron chi connectivity index (χ0n) is 15.3. The molecule has 4 saturated carbocycles. The number of aliphatic hydroxyl groups excluding tert-OH is 1. The van der Waals surface area contributed by atoms with Gasteiger partial charge in [-0.3, -0.25) is 0 Å². The maximum atomic E-state index is 11.2. The molecular weight excluding hydrogens is 298 g/mol. The topological polar surface area (TPSA) is 64.2 Å². The van der Waals surface area contributed by atoms with E-state index in [0.717, 1.165) is 38.0 Å². The summed E-state index contributed by atoms with van der Waals surface area (Å²) in [6.07, 6.45) is 10.0. The fourth-order valence-electron chi connectivity index (χ4n) is 7.77. The van der Waals surface area contributed by atoms with Crippen LogP contribution in [0, 0.1) is 45.8 Å². The van der Waals surface area contributed by atoms with Gasteiger partial charge in [0.25, 0.3) is 0 Å². The van der Waals surface area contributed by atoms with Crippen LogP contribution in [0.25, 0.3) is 0 Å². The Labute approximate surface area is 146 Å². The first-order chi connectivity index (χ1) is 11.3. The fourth-order valence-corrected chi connectivity index (χ4v) is 7.77. The summed E-state index contributed by atoms with van der Waals surface area (Å²) in [4.78, 5) is 0. The molecular formula is C21H33NO2. The molecule has 0 saturated heterocycles. The largest absolute Gasteiger partial charge is 0.393 e.